The van der Waals surface area contributed by atoms with Crippen LogP contribution in [0.3, 0.4) is 0 Å². The van der Waals surface area contributed by atoms with Gasteiger partial charge < -0.3 is 14.4 Å². The molecule has 6 nitrogen and oxygen atoms in total. The third-order valence-corrected chi connectivity index (χ3v) is 4.88. The van der Waals surface area contributed by atoms with Gasteiger partial charge in [0.2, 0.25) is 0 Å². The van der Waals surface area contributed by atoms with Crippen molar-refractivity contribution in [2.75, 3.05) is 0 Å². The number of fused-ring (bicyclic) bond motifs is 3. The summed E-state index contributed by atoms with van der Waals surface area (Å²) in [7, 11) is 0. The van der Waals surface area contributed by atoms with E-state index in [0.29, 0.717) is 5.92 Å². The van der Waals surface area contributed by atoms with E-state index < -0.39 is 0 Å². The van der Waals surface area contributed by atoms with Gasteiger partial charge >= 0.3 is 0 Å². The average Bonchev–Trinajstić information content (AvgIpc) is 3.41. The molecule has 1 aliphatic rings. The van der Waals surface area contributed by atoms with Crippen molar-refractivity contribution >= 4 is 22.1 Å². The molecule has 0 radical (unpaired) electrons. The minimum Gasteiger partial charge on any atom is -0.448 e. The van der Waals surface area contributed by atoms with Crippen LogP contribution in [-0.2, 0) is 6.42 Å². The molecular weight excluding hydrogens is 314 g/mol. The number of nitrogens with zero attached hydrogens (tertiary/aromatic N) is 3. The number of aromatic nitrogens is 5. The Hall–Kier alpha value is -2.63. The lowest BCUT2D eigenvalue weighted by molar-refractivity contribution is 0.374. The van der Waals surface area contributed by atoms with Gasteiger partial charge in [0.1, 0.15) is 22.7 Å². The highest BCUT2D eigenvalue weighted by Gasteiger charge is 2.17. The number of imidazole rings is 1. The highest BCUT2D eigenvalue weighted by atomic mass is 16.3. The number of aryl methyl sites for hydroxylation is 1. The largest absolute Gasteiger partial charge is 0.448 e. The molecule has 5 rings (SSSR count). The van der Waals surface area contributed by atoms with E-state index in [1.165, 1.54) is 38.5 Å². The quantitative estimate of drug-likeness (QED) is 0.554. The van der Waals surface area contributed by atoms with Gasteiger partial charge in [0.05, 0.1) is 17.9 Å². The highest BCUT2D eigenvalue weighted by Crippen LogP contribution is 2.31. The zero-order chi connectivity index (χ0) is 17.1. The third-order valence-electron chi connectivity index (χ3n) is 4.88. The summed E-state index contributed by atoms with van der Waals surface area (Å²) in [4.78, 5) is 19.1. The lowest BCUT2D eigenvalue weighted by Gasteiger charge is -2.18. The number of pyridine rings is 1. The van der Waals surface area contributed by atoms with Crippen LogP contribution in [0, 0.1) is 0 Å². The summed E-state index contributed by atoms with van der Waals surface area (Å²) in [6, 6.07) is 2.00. The van der Waals surface area contributed by atoms with Gasteiger partial charge in [0, 0.05) is 23.9 Å². The van der Waals surface area contributed by atoms with E-state index >= 15 is 0 Å². The molecule has 6 heteroatoms. The van der Waals surface area contributed by atoms with Crippen LogP contribution in [0.4, 0.5) is 0 Å². The number of H-pyrrole nitrogens is 2. The Morgan fingerprint density at radius 2 is 2.08 bits per heavy atom. The lowest BCUT2D eigenvalue weighted by atomic mass is 9.88. The van der Waals surface area contributed by atoms with E-state index in [-0.39, 0.29) is 0 Å². The van der Waals surface area contributed by atoms with Gasteiger partial charge in [-0.2, -0.15) is 0 Å². The number of oxazole rings is 1. The van der Waals surface area contributed by atoms with Gasteiger partial charge in [0.15, 0.2) is 6.39 Å². The molecular formula is C19H23N5O. The van der Waals surface area contributed by atoms with Crippen molar-refractivity contribution in [2.24, 2.45) is 0 Å². The maximum absolute atomic E-state index is 5.26. The summed E-state index contributed by atoms with van der Waals surface area (Å²) in [5, 5.41) is 1.08. The average molecular weight is 337 g/mol. The number of nitrogens with one attached hydrogen (secondary N) is 2. The first-order chi connectivity index (χ1) is 12.3. The second-order valence-corrected chi connectivity index (χ2v) is 6.54. The smallest absolute Gasteiger partial charge is 0.180 e. The standard InChI is InChI=1S/C10H10N4.C9H13NO/c1-2-8-13-7-5-12-10-6(3-4-11-10)9(7)14-8;1-2-4-8(5-3-1)9-6-10-7-11-9/h3-5H,2H2,1H3,(H,11,12)(H,13,14);6-8H,1-5H2. The Morgan fingerprint density at radius 3 is 2.84 bits per heavy atom. The summed E-state index contributed by atoms with van der Waals surface area (Å²) in [5.41, 5.74) is 2.91. The maximum Gasteiger partial charge on any atom is 0.180 e. The number of aromatic amines is 2. The van der Waals surface area contributed by atoms with Crippen molar-refractivity contribution in [1.82, 2.24) is 24.9 Å². The van der Waals surface area contributed by atoms with E-state index in [4.69, 9.17) is 4.42 Å². The summed E-state index contributed by atoms with van der Waals surface area (Å²) in [6.45, 7) is 2.08. The van der Waals surface area contributed by atoms with Crippen LogP contribution in [0.5, 0.6) is 0 Å². The summed E-state index contributed by atoms with van der Waals surface area (Å²) in [5.74, 6) is 2.76. The first-order valence-electron chi connectivity index (χ1n) is 9.04. The van der Waals surface area contributed by atoms with Gasteiger partial charge in [-0.1, -0.05) is 26.2 Å². The van der Waals surface area contributed by atoms with Crippen LogP contribution in [0.2, 0.25) is 0 Å². The molecule has 0 saturated heterocycles. The molecule has 0 amide bonds. The predicted octanol–water partition coefficient (Wildman–Crippen LogP) is 4.72. The van der Waals surface area contributed by atoms with Crippen molar-refractivity contribution in [3.8, 4) is 0 Å². The van der Waals surface area contributed by atoms with Gasteiger partial charge in [-0.25, -0.2) is 15.0 Å². The molecule has 0 atom stereocenters. The van der Waals surface area contributed by atoms with E-state index in [0.717, 1.165) is 40.1 Å². The molecule has 2 N–H and O–H groups in total. The second-order valence-electron chi connectivity index (χ2n) is 6.54. The fourth-order valence-electron chi connectivity index (χ4n) is 3.51. The van der Waals surface area contributed by atoms with Gasteiger partial charge in [-0.3, -0.25) is 0 Å². The van der Waals surface area contributed by atoms with Crippen molar-refractivity contribution < 1.29 is 4.42 Å². The summed E-state index contributed by atoms with van der Waals surface area (Å²) < 4.78 is 5.26. The lowest BCUT2D eigenvalue weighted by Crippen LogP contribution is -2.02. The van der Waals surface area contributed by atoms with Gasteiger partial charge in [-0.05, 0) is 18.9 Å². The Kier molecular flexibility index (Phi) is 4.50. The monoisotopic (exact) mass is 337 g/mol. The molecule has 1 aliphatic carbocycles. The molecule has 0 spiro atoms. The van der Waals surface area contributed by atoms with Crippen LogP contribution < -0.4 is 0 Å². The molecule has 4 aromatic heterocycles. The molecule has 25 heavy (non-hydrogen) atoms. The molecule has 0 aliphatic heterocycles. The van der Waals surface area contributed by atoms with Crippen molar-refractivity contribution in [2.45, 2.75) is 51.4 Å². The van der Waals surface area contributed by atoms with Crippen LogP contribution in [0.1, 0.15) is 56.5 Å². The summed E-state index contributed by atoms with van der Waals surface area (Å²) in [6.07, 6.45) is 14.7. The minimum atomic E-state index is 0.659. The van der Waals surface area contributed by atoms with E-state index in [1.807, 2.05) is 24.7 Å². The molecule has 1 fully saturated rings. The van der Waals surface area contributed by atoms with Gasteiger partial charge in [-0.15, -0.1) is 0 Å². The molecule has 4 heterocycles. The van der Waals surface area contributed by atoms with Crippen LogP contribution in [0.15, 0.2) is 35.5 Å². The van der Waals surface area contributed by atoms with Crippen molar-refractivity contribution in [1.29, 1.82) is 0 Å². The first kappa shape index (κ1) is 15.9. The molecule has 0 aromatic carbocycles. The van der Waals surface area contributed by atoms with Crippen LogP contribution >= 0.6 is 0 Å². The van der Waals surface area contributed by atoms with E-state index in [9.17, 15) is 0 Å². The SMILES string of the molecule is CCc1nc2c(cnc3[nH]ccc32)[nH]1.c1ncc(C2CCCCC2)o1. The van der Waals surface area contributed by atoms with Crippen LogP contribution in [0.25, 0.3) is 22.1 Å². The van der Waals surface area contributed by atoms with Crippen molar-refractivity contribution in [3.05, 3.63) is 42.6 Å². The van der Waals surface area contributed by atoms with Gasteiger partial charge in [0.25, 0.3) is 0 Å². The molecule has 0 unspecified atom stereocenters. The molecule has 0 bridgehead atoms. The third kappa shape index (κ3) is 3.29. The minimum absolute atomic E-state index is 0.659. The highest BCUT2D eigenvalue weighted by molar-refractivity contribution is 6.00. The zero-order valence-electron chi connectivity index (χ0n) is 14.5. The second kappa shape index (κ2) is 7.09. The molecule has 1 saturated carbocycles. The van der Waals surface area contributed by atoms with E-state index in [1.54, 1.807) is 0 Å². The topological polar surface area (TPSA) is 83.4 Å². The van der Waals surface area contributed by atoms with Crippen molar-refractivity contribution in [3.63, 3.8) is 0 Å². The Labute approximate surface area is 146 Å². The molecule has 4 aromatic rings. The summed E-state index contributed by atoms with van der Waals surface area (Å²) >= 11 is 0. The predicted molar refractivity (Wildman–Crippen MR) is 97.5 cm³/mol. The Balaban J connectivity index is 0.000000129. The number of hydrogen-bond donors (Lipinski definition) is 2. The zero-order valence-corrected chi connectivity index (χ0v) is 14.5. The normalized spacial score (nSPS) is 15.4. The Bertz CT molecular complexity index is 931. The first-order valence-corrected chi connectivity index (χ1v) is 9.04. The number of hydrogen-bond acceptors (Lipinski definition) is 4. The molecule has 130 valence electrons. The van der Waals surface area contributed by atoms with E-state index in [2.05, 4.69) is 31.8 Å². The fraction of sp³-hybridized carbons (Fsp3) is 0.421. The maximum atomic E-state index is 5.26. The number of rotatable bonds is 2. The van der Waals surface area contributed by atoms with Crippen LogP contribution in [-0.4, -0.2) is 24.9 Å². The Morgan fingerprint density at radius 1 is 1.20 bits per heavy atom. The fourth-order valence-corrected chi connectivity index (χ4v) is 3.51.